The van der Waals surface area contributed by atoms with E-state index in [1.165, 1.54) is 63.9 Å². The zero-order valence-electron chi connectivity index (χ0n) is 25.0. The minimum absolute atomic E-state index is 0. The van der Waals surface area contributed by atoms with Crippen LogP contribution in [0.25, 0.3) is 21.5 Å². The van der Waals surface area contributed by atoms with E-state index in [0.717, 1.165) is 6.42 Å². The Labute approximate surface area is 260 Å². The van der Waals surface area contributed by atoms with E-state index >= 15 is 0 Å². The van der Waals surface area contributed by atoms with Crippen molar-refractivity contribution in [2.75, 3.05) is 0 Å². The average Bonchev–Trinajstić information content (AvgIpc) is 3.53. The molecule has 38 heavy (non-hydrogen) atoms. The SMILES string of the molecule is CC(C)(C)C1=CC[C-]=C1.CC(C)(C)c1ccc2[cH-]c3ccc(C(C)(C)C)cc3c2c1.[Cl-].[Cl-].[Zr+2]=[C]1CCCC1. The van der Waals surface area contributed by atoms with E-state index in [9.17, 15) is 0 Å². The monoisotopic (exact) mass is 626 g/mol. The van der Waals surface area contributed by atoms with E-state index in [0.29, 0.717) is 5.41 Å². The summed E-state index contributed by atoms with van der Waals surface area (Å²) in [6.45, 7) is 20.3. The van der Waals surface area contributed by atoms with Gasteiger partial charge in [0, 0.05) is 0 Å². The third kappa shape index (κ3) is 9.64. The number of rotatable bonds is 0. The van der Waals surface area contributed by atoms with Crippen LogP contribution in [0.5, 0.6) is 0 Å². The standard InChI is InChI=1S/C21H25.C9H13.C5H8.2ClH.Zr/c1-20(2,3)16-9-7-14-11-15-8-10-17(21(4,5)6)13-19(15)18(14)12-16;1-9(2,3)8-6-4-5-7-8;1-2-4-5-3-1;;;/h7-13H,1-6H3;6-7H,4H2,1-3H3;1-4H2;2*1H;/q2*-1;;;;+2/p-2. The number of benzene rings is 2. The Morgan fingerprint density at radius 3 is 1.39 bits per heavy atom. The van der Waals surface area contributed by atoms with Crippen molar-refractivity contribution in [3.8, 4) is 0 Å². The number of hydrogen-bond acceptors (Lipinski definition) is 0. The summed E-state index contributed by atoms with van der Waals surface area (Å²) in [5.74, 6) is 0. The average molecular weight is 629 g/mol. The van der Waals surface area contributed by atoms with Crippen molar-refractivity contribution in [2.24, 2.45) is 5.41 Å². The summed E-state index contributed by atoms with van der Waals surface area (Å²) in [5.41, 5.74) is 4.94. The van der Waals surface area contributed by atoms with Crippen molar-refractivity contribution in [1.29, 1.82) is 0 Å². The molecular formula is C35H46Cl2Zr-2. The van der Waals surface area contributed by atoms with Crippen LogP contribution >= 0.6 is 0 Å². The number of fused-ring (bicyclic) bond motifs is 3. The molecule has 0 aliphatic heterocycles. The van der Waals surface area contributed by atoms with Crippen molar-refractivity contribution in [3.05, 3.63) is 77.4 Å². The molecule has 0 saturated heterocycles. The molecule has 0 atom stereocenters. The molecule has 0 heterocycles. The fourth-order valence-electron chi connectivity index (χ4n) is 4.65. The molecule has 2 aliphatic carbocycles. The third-order valence-corrected chi connectivity index (χ3v) is 8.44. The normalized spacial score (nSPS) is 15.2. The number of hydrogen-bond donors (Lipinski definition) is 0. The molecule has 0 aromatic heterocycles. The Morgan fingerprint density at radius 2 is 1.13 bits per heavy atom. The van der Waals surface area contributed by atoms with Gasteiger partial charge >= 0.3 is 53.1 Å². The topological polar surface area (TPSA) is 0 Å². The molecule has 0 unspecified atom stereocenters. The van der Waals surface area contributed by atoms with E-state index in [2.05, 4.69) is 123 Å². The van der Waals surface area contributed by atoms with E-state index in [4.69, 9.17) is 0 Å². The Hall–Kier alpha value is -0.877. The molecule has 3 aromatic rings. The van der Waals surface area contributed by atoms with Gasteiger partial charge in [-0.05, 0) is 10.8 Å². The summed E-state index contributed by atoms with van der Waals surface area (Å²) >= 11 is 1.68. The zero-order valence-corrected chi connectivity index (χ0v) is 29.0. The molecule has 1 saturated carbocycles. The van der Waals surface area contributed by atoms with Crippen molar-refractivity contribution >= 4 is 24.8 Å². The molecule has 0 bridgehead atoms. The predicted octanol–water partition coefficient (Wildman–Crippen LogP) is 4.32. The minimum atomic E-state index is 0. The summed E-state index contributed by atoms with van der Waals surface area (Å²) in [7, 11) is 0. The molecule has 2 aliphatic rings. The Morgan fingerprint density at radius 1 is 0.684 bits per heavy atom. The van der Waals surface area contributed by atoms with Crippen molar-refractivity contribution in [3.63, 3.8) is 0 Å². The third-order valence-electron chi connectivity index (χ3n) is 7.21. The van der Waals surface area contributed by atoms with Crippen LogP contribution in [0, 0.1) is 11.5 Å². The van der Waals surface area contributed by atoms with Crippen LogP contribution in [0.3, 0.4) is 0 Å². The van der Waals surface area contributed by atoms with Gasteiger partial charge in [-0.1, -0.05) is 103 Å². The predicted molar refractivity (Wildman–Crippen MR) is 158 cm³/mol. The van der Waals surface area contributed by atoms with Gasteiger partial charge in [-0.2, -0.15) is 11.6 Å². The van der Waals surface area contributed by atoms with Crippen LogP contribution in [0.15, 0.2) is 60.2 Å². The van der Waals surface area contributed by atoms with Gasteiger partial charge in [-0.25, -0.2) is 6.08 Å². The molecule has 1 fully saturated rings. The summed E-state index contributed by atoms with van der Waals surface area (Å²) in [4.78, 5) is 0. The second-order valence-electron chi connectivity index (χ2n) is 13.5. The van der Waals surface area contributed by atoms with Gasteiger partial charge in [0.1, 0.15) is 0 Å². The maximum atomic E-state index is 3.16. The molecule has 3 heteroatoms. The van der Waals surface area contributed by atoms with Crippen molar-refractivity contribution in [1.82, 2.24) is 0 Å². The van der Waals surface area contributed by atoms with E-state index < -0.39 is 0 Å². The molecule has 0 radical (unpaired) electrons. The summed E-state index contributed by atoms with van der Waals surface area (Å²) in [6.07, 6.45) is 14.3. The molecule has 0 nitrogen and oxygen atoms in total. The molecule has 0 spiro atoms. The second-order valence-corrected chi connectivity index (χ2v) is 15.3. The fourth-order valence-corrected chi connectivity index (χ4v) is 5.52. The first-order chi connectivity index (χ1) is 16.7. The second kappa shape index (κ2) is 14.1. The van der Waals surface area contributed by atoms with Crippen molar-refractivity contribution in [2.45, 2.75) is 105 Å². The van der Waals surface area contributed by atoms with E-state index in [1.807, 2.05) is 0 Å². The first kappa shape index (κ1) is 35.2. The van der Waals surface area contributed by atoms with E-state index in [1.54, 1.807) is 27.4 Å². The Bertz CT molecular complexity index is 1190. The molecule has 0 N–H and O–H groups in total. The van der Waals surface area contributed by atoms with Crippen LogP contribution in [-0.4, -0.2) is 3.21 Å². The Balaban J connectivity index is 0.000000352. The quantitative estimate of drug-likeness (QED) is 0.326. The zero-order chi connectivity index (χ0) is 26.7. The van der Waals surface area contributed by atoms with Crippen LogP contribution in [-0.2, 0) is 35.1 Å². The maximum absolute atomic E-state index is 3.16. The van der Waals surface area contributed by atoms with Gasteiger partial charge < -0.3 is 24.8 Å². The summed E-state index contributed by atoms with van der Waals surface area (Å²) in [5, 5.41) is 5.49. The van der Waals surface area contributed by atoms with Crippen LogP contribution in [0.1, 0.15) is 106 Å². The van der Waals surface area contributed by atoms with Gasteiger partial charge in [-0.3, -0.25) is 6.08 Å². The summed E-state index contributed by atoms with van der Waals surface area (Å²) in [6, 6.07) is 16.1. The Kier molecular flexibility index (Phi) is 13.1. The van der Waals surface area contributed by atoms with E-state index in [-0.39, 0.29) is 35.6 Å². The molecular weight excluding hydrogens is 583 g/mol. The number of halogens is 2. The first-order valence-corrected chi connectivity index (χ1v) is 14.9. The van der Waals surface area contributed by atoms with Gasteiger partial charge in [0.25, 0.3) is 0 Å². The van der Waals surface area contributed by atoms with Gasteiger partial charge in [0.15, 0.2) is 0 Å². The van der Waals surface area contributed by atoms with Crippen molar-refractivity contribution < 1.29 is 49.0 Å². The fraction of sp³-hybridized carbons (Fsp3) is 0.486. The van der Waals surface area contributed by atoms with Gasteiger partial charge in [0.2, 0.25) is 0 Å². The number of allylic oxidation sites excluding steroid dienone is 4. The van der Waals surface area contributed by atoms with Crippen LogP contribution in [0.4, 0.5) is 0 Å². The van der Waals surface area contributed by atoms with Gasteiger partial charge in [0.05, 0.1) is 0 Å². The van der Waals surface area contributed by atoms with Gasteiger partial charge in [-0.15, -0.1) is 46.2 Å². The van der Waals surface area contributed by atoms with Crippen LogP contribution in [0.2, 0.25) is 0 Å². The molecule has 3 aromatic carbocycles. The van der Waals surface area contributed by atoms with Crippen LogP contribution < -0.4 is 24.8 Å². The first-order valence-electron chi connectivity index (χ1n) is 13.6. The molecule has 206 valence electrons. The molecule has 0 amide bonds. The summed E-state index contributed by atoms with van der Waals surface area (Å²) < 4.78 is 1.79. The molecule has 5 rings (SSSR count).